The molecular weight excluding hydrogens is 274 g/mol. The van der Waals surface area contributed by atoms with Crippen molar-refractivity contribution in [2.75, 3.05) is 31.5 Å². The van der Waals surface area contributed by atoms with E-state index in [4.69, 9.17) is 5.11 Å². The monoisotopic (exact) mass is 295 g/mol. The summed E-state index contributed by atoms with van der Waals surface area (Å²) in [6.07, 6.45) is 2.81. The lowest BCUT2D eigenvalue weighted by molar-refractivity contribution is -0.138. The van der Waals surface area contributed by atoms with Gasteiger partial charge in [-0.25, -0.2) is 4.98 Å². The molecule has 0 amide bonds. The van der Waals surface area contributed by atoms with E-state index in [9.17, 15) is 4.79 Å². The number of likely N-dealkylation sites (tertiary alicyclic amines) is 1. The number of aliphatic carboxylic acids is 1. The predicted molar refractivity (Wildman–Crippen MR) is 79.5 cm³/mol. The quantitative estimate of drug-likeness (QED) is 0.870. The highest BCUT2D eigenvalue weighted by Crippen LogP contribution is 2.38. The third-order valence-electron chi connectivity index (χ3n) is 4.37. The standard InChI is InChI=1S/C14H21N3O2S/c1-2-17-6-5-9(8-17)7-15-14-16-12-10(13(18)19)3-4-11(12)20-14/h9-10H,2-8H2,1H3,(H,15,16)(H,18,19). The van der Waals surface area contributed by atoms with Gasteiger partial charge in [0.05, 0.1) is 5.69 Å². The summed E-state index contributed by atoms with van der Waals surface area (Å²) in [5, 5.41) is 13.5. The minimum absolute atomic E-state index is 0.390. The number of nitrogens with one attached hydrogen (secondary N) is 1. The molecule has 1 saturated heterocycles. The first kappa shape index (κ1) is 13.8. The largest absolute Gasteiger partial charge is 0.481 e. The third-order valence-corrected chi connectivity index (χ3v) is 5.46. The molecule has 110 valence electrons. The summed E-state index contributed by atoms with van der Waals surface area (Å²) >= 11 is 1.63. The maximum Gasteiger partial charge on any atom is 0.312 e. The number of aromatic nitrogens is 1. The Bertz CT molecular complexity index is 503. The first-order chi connectivity index (χ1) is 9.67. The second-order valence-corrected chi connectivity index (χ2v) is 6.77. The molecule has 1 aromatic rings. The van der Waals surface area contributed by atoms with E-state index in [1.807, 2.05) is 0 Å². The summed E-state index contributed by atoms with van der Waals surface area (Å²) in [5.74, 6) is -0.446. The van der Waals surface area contributed by atoms with Gasteiger partial charge in [-0.15, -0.1) is 11.3 Å². The number of hydrogen-bond acceptors (Lipinski definition) is 5. The summed E-state index contributed by atoms with van der Waals surface area (Å²) in [5.41, 5.74) is 0.798. The maximum absolute atomic E-state index is 11.1. The zero-order valence-electron chi connectivity index (χ0n) is 11.8. The molecule has 6 heteroatoms. The van der Waals surface area contributed by atoms with Crippen LogP contribution in [0.25, 0.3) is 0 Å². The third kappa shape index (κ3) is 2.67. The van der Waals surface area contributed by atoms with Crippen LogP contribution in [-0.2, 0) is 11.2 Å². The number of carboxylic acid groups (broad SMARTS) is 1. The number of carbonyl (C=O) groups is 1. The minimum Gasteiger partial charge on any atom is -0.481 e. The lowest BCUT2D eigenvalue weighted by atomic mass is 10.1. The maximum atomic E-state index is 11.1. The second kappa shape index (κ2) is 5.69. The molecular formula is C14H21N3O2S. The lowest BCUT2D eigenvalue weighted by Crippen LogP contribution is -2.22. The smallest absolute Gasteiger partial charge is 0.312 e. The Labute approximate surface area is 123 Å². The van der Waals surface area contributed by atoms with E-state index >= 15 is 0 Å². The Kier molecular flexibility index (Phi) is 3.94. The van der Waals surface area contributed by atoms with Crippen LogP contribution in [0.2, 0.25) is 0 Å². The molecule has 0 bridgehead atoms. The van der Waals surface area contributed by atoms with E-state index in [0.29, 0.717) is 12.3 Å². The normalized spacial score (nSPS) is 25.9. The minimum atomic E-state index is -0.741. The highest BCUT2D eigenvalue weighted by molar-refractivity contribution is 7.15. The molecule has 5 nitrogen and oxygen atoms in total. The van der Waals surface area contributed by atoms with E-state index in [1.54, 1.807) is 11.3 Å². The summed E-state index contributed by atoms with van der Waals surface area (Å²) < 4.78 is 0. The Morgan fingerprint density at radius 1 is 1.55 bits per heavy atom. The van der Waals surface area contributed by atoms with Gasteiger partial charge in [0.25, 0.3) is 0 Å². The average Bonchev–Trinajstić information content (AvgIpc) is 3.10. The van der Waals surface area contributed by atoms with Gasteiger partial charge in [0, 0.05) is 18.0 Å². The molecule has 2 heterocycles. The molecule has 1 aromatic heterocycles. The molecule has 0 radical (unpaired) electrons. The van der Waals surface area contributed by atoms with Gasteiger partial charge in [-0.05, 0) is 38.3 Å². The number of aryl methyl sites for hydroxylation is 1. The van der Waals surface area contributed by atoms with Gasteiger partial charge in [0.15, 0.2) is 5.13 Å². The van der Waals surface area contributed by atoms with Crippen LogP contribution in [0, 0.1) is 5.92 Å². The number of anilines is 1. The molecule has 3 rings (SSSR count). The second-order valence-electron chi connectivity index (χ2n) is 5.69. The van der Waals surface area contributed by atoms with Crippen molar-refractivity contribution >= 4 is 22.4 Å². The fraction of sp³-hybridized carbons (Fsp3) is 0.714. The van der Waals surface area contributed by atoms with Crippen molar-refractivity contribution in [3.05, 3.63) is 10.6 Å². The van der Waals surface area contributed by atoms with Gasteiger partial charge in [0.1, 0.15) is 5.92 Å². The molecule has 20 heavy (non-hydrogen) atoms. The molecule has 0 spiro atoms. The molecule has 0 saturated carbocycles. The Balaban J connectivity index is 1.57. The lowest BCUT2D eigenvalue weighted by Gasteiger charge is -2.13. The van der Waals surface area contributed by atoms with Crippen molar-refractivity contribution in [1.29, 1.82) is 0 Å². The number of hydrogen-bond donors (Lipinski definition) is 2. The molecule has 0 aromatic carbocycles. The van der Waals surface area contributed by atoms with Crippen LogP contribution >= 0.6 is 11.3 Å². The van der Waals surface area contributed by atoms with Crippen molar-refractivity contribution < 1.29 is 9.90 Å². The first-order valence-corrected chi connectivity index (χ1v) is 8.17. The average molecular weight is 295 g/mol. The molecule has 1 fully saturated rings. The Morgan fingerprint density at radius 3 is 3.10 bits per heavy atom. The van der Waals surface area contributed by atoms with Gasteiger partial charge in [-0.2, -0.15) is 0 Å². The molecule has 2 aliphatic rings. The highest BCUT2D eigenvalue weighted by atomic mass is 32.1. The number of thiazole rings is 1. The number of carboxylic acids is 1. The zero-order valence-corrected chi connectivity index (χ0v) is 12.6. The van der Waals surface area contributed by atoms with Crippen LogP contribution in [-0.4, -0.2) is 47.1 Å². The van der Waals surface area contributed by atoms with Crippen LogP contribution in [0.4, 0.5) is 5.13 Å². The van der Waals surface area contributed by atoms with Gasteiger partial charge < -0.3 is 15.3 Å². The van der Waals surface area contributed by atoms with E-state index in [-0.39, 0.29) is 5.92 Å². The molecule has 2 atom stereocenters. The molecule has 1 aliphatic heterocycles. The topological polar surface area (TPSA) is 65.5 Å². The van der Waals surface area contributed by atoms with E-state index in [0.717, 1.165) is 41.8 Å². The van der Waals surface area contributed by atoms with E-state index in [1.165, 1.54) is 13.0 Å². The van der Waals surface area contributed by atoms with Gasteiger partial charge in [-0.1, -0.05) is 6.92 Å². The predicted octanol–water partition coefficient (Wildman–Crippen LogP) is 2.01. The molecule has 1 aliphatic carbocycles. The first-order valence-electron chi connectivity index (χ1n) is 7.36. The summed E-state index contributed by atoms with van der Waals surface area (Å²) in [4.78, 5) is 19.3. The van der Waals surface area contributed by atoms with Crippen LogP contribution in [0.1, 0.15) is 36.3 Å². The van der Waals surface area contributed by atoms with Gasteiger partial charge in [-0.3, -0.25) is 4.79 Å². The number of nitrogens with zero attached hydrogens (tertiary/aromatic N) is 2. The summed E-state index contributed by atoms with van der Waals surface area (Å²) in [6.45, 7) is 6.63. The summed E-state index contributed by atoms with van der Waals surface area (Å²) in [7, 11) is 0. The SMILES string of the molecule is CCN1CCC(CNc2nc3c(s2)CCC3C(=O)O)C1. The van der Waals surface area contributed by atoms with Crippen LogP contribution in [0.5, 0.6) is 0 Å². The Morgan fingerprint density at radius 2 is 2.40 bits per heavy atom. The van der Waals surface area contributed by atoms with Crippen molar-refractivity contribution in [3.8, 4) is 0 Å². The van der Waals surface area contributed by atoms with Crippen molar-refractivity contribution in [1.82, 2.24) is 9.88 Å². The van der Waals surface area contributed by atoms with Crippen LogP contribution in [0.15, 0.2) is 0 Å². The van der Waals surface area contributed by atoms with Gasteiger partial charge >= 0.3 is 5.97 Å². The van der Waals surface area contributed by atoms with Crippen LogP contribution < -0.4 is 5.32 Å². The number of fused-ring (bicyclic) bond motifs is 1. The zero-order chi connectivity index (χ0) is 14.1. The van der Waals surface area contributed by atoms with Crippen molar-refractivity contribution in [3.63, 3.8) is 0 Å². The Hall–Kier alpha value is -1.14. The summed E-state index contributed by atoms with van der Waals surface area (Å²) in [6, 6.07) is 0. The fourth-order valence-electron chi connectivity index (χ4n) is 3.14. The van der Waals surface area contributed by atoms with Crippen LogP contribution in [0.3, 0.4) is 0 Å². The van der Waals surface area contributed by atoms with E-state index in [2.05, 4.69) is 22.1 Å². The fourth-order valence-corrected chi connectivity index (χ4v) is 4.19. The highest BCUT2D eigenvalue weighted by Gasteiger charge is 2.32. The van der Waals surface area contributed by atoms with Gasteiger partial charge in [0.2, 0.25) is 0 Å². The molecule has 2 unspecified atom stereocenters. The van der Waals surface area contributed by atoms with E-state index < -0.39 is 5.97 Å². The number of rotatable bonds is 5. The van der Waals surface area contributed by atoms with Crippen molar-refractivity contribution in [2.45, 2.75) is 32.1 Å². The van der Waals surface area contributed by atoms with Crippen molar-refractivity contribution in [2.24, 2.45) is 5.92 Å². The molecule has 2 N–H and O–H groups in total.